The summed E-state index contributed by atoms with van der Waals surface area (Å²) in [6, 6.07) is 14.3. The summed E-state index contributed by atoms with van der Waals surface area (Å²) in [5, 5.41) is 0. The van der Waals surface area contributed by atoms with Gasteiger partial charge in [0.1, 0.15) is 18.2 Å². The molecule has 1 aliphatic rings. The summed E-state index contributed by atoms with van der Waals surface area (Å²) < 4.78 is 8.28. The maximum atomic E-state index is 12.8. The first-order valence-electron chi connectivity index (χ1n) is 11.0. The lowest BCUT2D eigenvalue weighted by molar-refractivity contribution is -0.131. The van der Waals surface area contributed by atoms with Gasteiger partial charge in [0.25, 0.3) is 0 Å². The zero-order chi connectivity index (χ0) is 20.9. The molecule has 1 fully saturated rings. The molecule has 3 aromatic rings. The highest BCUT2D eigenvalue weighted by molar-refractivity contribution is 5.78. The molecule has 30 heavy (non-hydrogen) atoms. The second kappa shape index (κ2) is 9.33. The van der Waals surface area contributed by atoms with Crippen molar-refractivity contribution in [1.29, 1.82) is 0 Å². The summed E-state index contributed by atoms with van der Waals surface area (Å²) in [5.74, 6) is 1.99. The van der Waals surface area contributed by atoms with Gasteiger partial charge in [-0.25, -0.2) is 4.98 Å². The minimum absolute atomic E-state index is 0.246. The molecular weight excluding hydrogens is 374 g/mol. The topological polar surface area (TPSA) is 47.4 Å². The Hall–Kier alpha value is -2.82. The van der Waals surface area contributed by atoms with E-state index in [-0.39, 0.29) is 5.91 Å². The molecule has 1 amide bonds. The van der Waals surface area contributed by atoms with E-state index in [1.807, 2.05) is 23.1 Å². The third-order valence-corrected chi connectivity index (χ3v) is 5.94. The number of aryl methyl sites for hydroxylation is 3. The number of hydrogen-bond donors (Lipinski definition) is 0. The lowest BCUT2D eigenvalue weighted by atomic mass is 10.1. The van der Waals surface area contributed by atoms with Crippen molar-refractivity contribution in [2.75, 3.05) is 13.1 Å². The minimum Gasteiger partial charge on any atom is -0.485 e. The summed E-state index contributed by atoms with van der Waals surface area (Å²) in [6.45, 7) is 6.92. The molecule has 2 aromatic carbocycles. The second-order valence-electron chi connectivity index (χ2n) is 8.27. The maximum Gasteiger partial charge on any atom is 0.224 e. The van der Waals surface area contributed by atoms with E-state index in [0.717, 1.165) is 54.1 Å². The summed E-state index contributed by atoms with van der Waals surface area (Å²) in [4.78, 5) is 19.7. The van der Waals surface area contributed by atoms with Crippen LogP contribution in [0.1, 0.15) is 49.1 Å². The van der Waals surface area contributed by atoms with E-state index in [1.165, 1.54) is 18.4 Å². The van der Waals surface area contributed by atoms with Gasteiger partial charge in [-0.15, -0.1) is 0 Å². The molecule has 1 aromatic heterocycles. The molecule has 0 saturated carbocycles. The Labute approximate surface area is 178 Å². The van der Waals surface area contributed by atoms with Crippen molar-refractivity contribution >= 4 is 16.9 Å². The van der Waals surface area contributed by atoms with Crippen molar-refractivity contribution in [3.8, 4) is 5.75 Å². The van der Waals surface area contributed by atoms with E-state index in [1.54, 1.807) is 0 Å². The van der Waals surface area contributed by atoms with E-state index in [0.29, 0.717) is 19.6 Å². The van der Waals surface area contributed by atoms with E-state index < -0.39 is 0 Å². The summed E-state index contributed by atoms with van der Waals surface area (Å²) in [6.07, 6.45) is 5.20. The van der Waals surface area contributed by atoms with Crippen LogP contribution in [0.2, 0.25) is 0 Å². The number of carbonyl (C=O) groups excluding carboxylic acids is 1. The van der Waals surface area contributed by atoms with Gasteiger partial charge >= 0.3 is 0 Å². The van der Waals surface area contributed by atoms with Gasteiger partial charge in [0.05, 0.1) is 11.0 Å². The molecule has 1 saturated heterocycles. The SMILES string of the molecule is Cc1ccc(C)c(OCc2nc3ccccc3n2CCC(=O)N2CCCCCC2)c1. The third-order valence-electron chi connectivity index (χ3n) is 5.94. The largest absolute Gasteiger partial charge is 0.485 e. The van der Waals surface area contributed by atoms with Gasteiger partial charge in [-0.3, -0.25) is 4.79 Å². The van der Waals surface area contributed by atoms with Crippen molar-refractivity contribution in [3.63, 3.8) is 0 Å². The maximum absolute atomic E-state index is 12.8. The zero-order valence-corrected chi connectivity index (χ0v) is 18.1. The number of carbonyl (C=O) groups is 1. The quantitative estimate of drug-likeness (QED) is 0.578. The van der Waals surface area contributed by atoms with Gasteiger partial charge < -0.3 is 14.2 Å². The van der Waals surface area contributed by atoms with E-state index in [9.17, 15) is 4.79 Å². The van der Waals surface area contributed by atoms with Crippen LogP contribution in [0.25, 0.3) is 11.0 Å². The number of para-hydroxylation sites is 2. The molecule has 0 atom stereocenters. The number of amides is 1. The lowest BCUT2D eigenvalue weighted by Gasteiger charge is -2.20. The highest BCUT2D eigenvalue weighted by Crippen LogP contribution is 2.22. The van der Waals surface area contributed by atoms with Crippen molar-refractivity contribution in [1.82, 2.24) is 14.5 Å². The highest BCUT2D eigenvalue weighted by atomic mass is 16.5. The smallest absolute Gasteiger partial charge is 0.224 e. The molecule has 2 heterocycles. The van der Waals surface area contributed by atoms with Crippen LogP contribution < -0.4 is 4.74 Å². The number of ether oxygens (including phenoxy) is 1. The molecule has 5 heteroatoms. The number of benzene rings is 2. The van der Waals surface area contributed by atoms with Crippen LogP contribution in [0.4, 0.5) is 0 Å². The summed E-state index contributed by atoms with van der Waals surface area (Å²) in [5.41, 5.74) is 4.28. The average Bonchev–Trinajstić information content (AvgIpc) is 2.90. The van der Waals surface area contributed by atoms with Crippen LogP contribution in [0.15, 0.2) is 42.5 Å². The van der Waals surface area contributed by atoms with Crippen LogP contribution in [0, 0.1) is 13.8 Å². The predicted molar refractivity (Wildman–Crippen MR) is 120 cm³/mol. The fourth-order valence-electron chi connectivity index (χ4n) is 4.18. The number of rotatable bonds is 6. The van der Waals surface area contributed by atoms with Crippen LogP contribution >= 0.6 is 0 Å². The highest BCUT2D eigenvalue weighted by Gasteiger charge is 2.17. The molecule has 0 spiro atoms. The van der Waals surface area contributed by atoms with Crippen molar-refractivity contribution in [2.45, 2.75) is 59.1 Å². The van der Waals surface area contributed by atoms with Gasteiger partial charge in [-0.05, 0) is 56.0 Å². The first kappa shape index (κ1) is 20.5. The zero-order valence-electron chi connectivity index (χ0n) is 18.1. The Morgan fingerprint density at radius 2 is 1.80 bits per heavy atom. The van der Waals surface area contributed by atoms with Gasteiger partial charge in [-0.2, -0.15) is 0 Å². The molecule has 4 rings (SSSR count). The Kier molecular flexibility index (Phi) is 6.36. The Balaban J connectivity index is 1.51. The van der Waals surface area contributed by atoms with E-state index in [4.69, 9.17) is 9.72 Å². The summed E-state index contributed by atoms with van der Waals surface area (Å²) in [7, 11) is 0. The number of fused-ring (bicyclic) bond motifs is 1. The van der Waals surface area contributed by atoms with Crippen molar-refractivity contribution in [2.24, 2.45) is 0 Å². The molecule has 158 valence electrons. The molecule has 0 bridgehead atoms. The number of nitrogens with zero attached hydrogens (tertiary/aromatic N) is 3. The first-order valence-corrected chi connectivity index (χ1v) is 11.0. The standard InChI is InChI=1S/C25H31N3O2/c1-19-11-12-20(2)23(17-19)30-18-24-26-21-9-5-6-10-22(21)28(24)16-13-25(29)27-14-7-3-4-8-15-27/h5-6,9-12,17H,3-4,7-8,13-16,18H2,1-2H3. The predicted octanol–water partition coefficient (Wildman–Crippen LogP) is 5.02. The fraction of sp³-hybridized carbons (Fsp3) is 0.440. The fourth-order valence-corrected chi connectivity index (χ4v) is 4.18. The van der Waals surface area contributed by atoms with Crippen molar-refractivity contribution < 1.29 is 9.53 Å². The molecule has 1 aliphatic heterocycles. The normalized spacial score (nSPS) is 14.7. The monoisotopic (exact) mass is 405 g/mol. The third kappa shape index (κ3) is 4.66. The Morgan fingerprint density at radius 1 is 1.03 bits per heavy atom. The Morgan fingerprint density at radius 3 is 2.60 bits per heavy atom. The number of aromatic nitrogens is 2. The van der Waals surface area contributed by atoms with Crippen LogP contribution in [-0.2, 0) is 17.9 Å². The summed E-state index contributed by atoms with van der Waals surface area (Å²) >= 11 is 0. The van der Waals surface area contributed by atoms with Gasteiger partial charge in [-0.1, -0.05) is 37.1 Å². The molecule has 0 unspecified atom stereocenters. The second-order valence-corrected chi connectivity index (χ2v) is 8.27. The molecule has 0 N–H and O–H groups in total. The van der Waals surface area contributed by atoms with Crippen LogP contribution in [0.3, 0.4) is 0 Å². The first-order chi connectivity index (χ1) is 14.6. The number of imidazole rings is 1. The van der Waals surface area contributed by atoms with Crippen LogP contribution in [-0.4, -0.2) is 33.4 Å². The molecule has 5 nitrogen and oxygen atoms in total. The average molecular weight is 406 g/mol. The van der Waals surface area contributed by atoms with Gasteiger partial charge in [0.15, 0.2) is 0 Å². The van der Waals surface area contributed by atoms with Gasteiger partial charge in [0, 0.05) is 26.1 Å². The van der Waals surface area contributed by atoms with E-state index in [2.05, 4.69) is 42.7 Å². The Bertz CT molecular complexity index is 1020. The molecule has 0 radical (unpaired) electrons. The number of likely N-dealkylation sites (tertiary alicyclic amines) is 1. The van der Waals surface area contributed by atoms with E-state index >= 15 is 0 Å². The number of hydrogen-bond acceptors (Lipinski definition) is 3. The van der Waals surface area contributed by atoms with Crippen LogP contribution in [0.5, 0.6) is 5.75 Å². The molecular formula is C25H31N3O2. The minimum atomic E-state index is 0.246. The van der Waals surface area contributed by atoms with Crippen molar-refractivity contribution in [3.05, 3.63) is 59.4 Å². The molecule has 0 aliphatic carbocycles. The van der Waals surface area contributed by atoms with Gasteiger partial charge in [0.2, 0.25) is 5.91 Å². The lowest BCUT2D eigenvalue weighted by Crippen LogP contribution is -2.32.